The fourth-order valence-corrected chi connectivity index (χ4v) is 3.39. The molecule has 142 valence electrons. The van der Waals surface area contributed by atoms with Gasteiger partial charge in [-0.3, -0.25) is 9.59 Å². The number of nitrogens with zero attached hydrogens (tertiary/aromatic N) is 2. The smallest absolute Gasteiger partial charge is 0.226 e. The Hall–Kier alpha value is -2.82. The van der Waals surface area contributed by atoms with Crippen molar-refractivity contribution in [2.24, 2.45) is 5.92 Å². The third-order valence-corrected chi connectivity index (χ3v) is 4.93. The Morgan fingerprint density at radius 1 is 1.15 bits per heavy atom. The van der Waals surface area contributed by atoms with Gasteiger partial charge in [-0.1, -0.05) is 48.5 Å². The van der Waals surface area contributed by atoms with Gasteiger partial charge in [-0.15, -0.1) is 0 Å². The molecule has 27 heavy (non-hydrogen) atoms. The second-order valence-electron chi connectivity index (χ2n) is 7.18. The average molecular weight is 366 g/mol. The molecule has 2 aromatic rings. The SMILES string of the molecule is CN(C[C@H]1CC(=O)N(C)C1)C(=O)Cc1ccccc1OCc1ccccc1. The molecule has 1 aliphatic heterocycles. The summed E-state index contributed by atoms with van der Waals surface area (Å²) < 4.78 is 5.94. The Balaban J connectivity index is 1.58. The minimum Gasteiger partial charge on any atom is -0.489 e. The molecule has 1 aliphatic rings. The summed E-state index contributed by atoms with van der Waals surface area (Å²) in [6, 6.07) is 17.6. The highest BCUT2D eigenvalue weighted by atomic mass is 16.5. The molecular weight excluding hydrogens is 340 g/mol. The van der Waals surface area contributed by atoms with Crippen molar-refractivity contribution in [2.75, 3.05) is 27.2 Å². The number of carbonyl (C=O) groups excluding carboxylic acids is 2. The number of amides is 2. The van der Waals surface area contributed by atoms with E-state index in [1.165, 1.54) is 0 Å². The fraction of sp³-hybridized carbons (Fsp3) is 0.364. The van der Waals surface area contributed by atoms with Crippen LogP contribution in [0.2, 0.25) is 0 Å². The molecule has 3 rings (SSSR count). The fourth-order valence-electron chi connectivity index (χ4n) is 3.39. The Bertz CT molecular complexity index is 791. The molecule has 5 heteroatoms. The molecule has 5 nitrogen and oxygen atoms in total. The molecule has 0 aliphatic carbocycles. The summed E-state index contributed by atoms with van der Waals surface area (Å²) in [5, 5.41) is 0. The van der Waals surface area contributed by atoms with E-state index in [4.69, 9.17) is 4.74 Å². The third-order valence-electron chi connectivity index (χ3n) is 4.93. The zero-order valence-corrected chi connectivity index (χ0v) is 15.9. The molecule has 2 aromatic carbocycles. The standard InChI is InChI=1S/C22H26N2O3/c1-23-14-18(12-21(23)25)15-24(2)22(26)13-19-10-6-7-11-20(19)27-16-17-8-4-3-5-9-17/h3-11,18H,12-16H2,1-2H3/t18-/m0/s1. The first-order valence-corrected chi connectivity index (χ1v) is 9.25. The van der Waals surface area contributed by atoms with Crippen molar-refractivity contribution in [2.45, 2.75) is 19.4 Å². The van der Waals surface area contributed by atoms with Gasteiger partial charge in [-0.2, -0.15) is 0 Å². The molecule has 0 radical (unpaired) electrons. The number of carbonyl (C=O) groups is 2. The third kappa shape index (κ3) is 5.09. The lowest BCUT2D eigenvalue weighted by atomic mass is 10.1. The number of para-hydroxylation sites is 1. The van der Waals surface area contributed by atoms with Gasteiger partial charge in [0.05, 0.1) is 6.42 Å². The van der Waals surface area contributed by atoms with Crippen molar-refractivity contribution in [1.82, 2.24) is 9.80 Å². The van der Waals surface area contributed by atoms with Gasteiger partial charge in [0, 0.05) is 45.1 Å². The minimum absolute atomic E-state index is 0.0350. The molecular formula is C22H26N2O3. The van der Waals surface area contributed by atoms with Crippen LogP contribution in [0.4, 0.5) is 0 Å². The van der Waals surface area contributed by atoms with Crippen molar-refractivity contribution in [3.63, 3.8) is 0 Å². The molecule has 0 saturated carbocycles. The minimum atomic E-state index is 0.0350. The van der Waals surface area contributed by atoms with E-state index in [9.17, 15) is 9.59 Å². The second kappa shape index (κ2) is 8.71. The highest BCUT2D eigenvalue weighted by molar-refractivity contribution is 5.80. The summed E-state index contributed by atoms with van der Waals surface area (Å²) in [5.41, 5.74) is 1.97. The first kappa shape index (κ1) is 19.0. The van der Waals surface area contributed by atoms with E-state index in [1.807, 2.05) is 61.6 Å². The molecule has 0 unspecified atom stereocenters. The van der Waals surface area contributed by atoms with Gasteiger partial charge in [0.15, 0.2) is 0 Å². The highest BCUT2D eigenvalue weighted by Gasteiger charge is 2.28. The summed E-state index contributed by atoms with van der Waals surface area (Å²) in [6.45, 7) is 1.79. The van der Waals surface area contributed by atoms with Crippen LogP contribution in [0, 0.1) is 5.92 Å². The zero-order valence-electron chi connectivity index (χ0n) is 15.9. The summed E-state index contributed by atoms with van der Waals surface area (Å²) in [4.78, 5) is 27.8. The van der Waals surface area contributed by atoms with Crippen molar-refractivity contribution in [3.8, 4) is 5.75 Å². The maximum absolute atomic E-state index is 12.7. The lowest BCUT2D eigenvalue weighted by molar-refractivity contribution is -0.130. The monoisotopic (exact) mass is 366 g/mol. The van der Waals surface area contributed by atoms with E-state index in [-0.39, 0.29) is 24.2 Å². The summed E-state index contributed by atoms with van der Waals surface area (Å²) in [6.07, 6.45) is 0.808. The van der Waals surface area contributed by atoms with Crippen LogP contribution in [-0.4, -0.2) is 48.8 Å². The first-order valence-electron chi connectivity index (χ1n) is 9.25. The predicted octanol–water partition coefficient (Wildman–Crippen LogP) is 2.74. The van der Waals surface area contributed by atoms with Crippen LogP contribution in [0.25, 0.3) is 0 Å². The van der Waals surface area contributed by atoms with Crippen molar-refractivity contribution in [1.29, 1.82) is 0 Å². The van der Waals surface area contributed by atoms with Gasteiger partial charge in [-0.05, 0) is 11.6 Å². The quantitative estimate of drug-likeness (QED) is 0.757. The molecule has 2 amide bonds. The van der Waals surface area contributed by atoms with Crippen LogP contribution in [0.1, 0.15) is 17.5 Å². The number of hydrogen-bond acceptors (Lipinski definition) is 3. The van der Waals surface area contributed by atoms with Crippen LogP contribution in [0.5, 0.6) is 5.75 Å². The second-order valence-corrected chi connectivity index (χ2v) is 7.18. The average Bonchev–Trinajstić information content (AvgIpc) is 2.99. The van der Waals surface area contributed by atoms with Gasteiger partial charge in [0.25, 0.3) is 0 Å². The van der Waals surface area contributed by atoms with Gasteiger partial charge >= 0.3 is 0 Å². The molecule has 1 heterocycles. The lowest BCUT2D eigenvalue weighted by Crippen LogP contribution is -2.33. The van der Waals surface area contributed by atoms with Crippen LogP contribution >= 0.6 is 0 Å². The largest absolute Gasteiger partial charge is 0.489 e. The first-order chi connectivity index (χ1) is 13.0. The van der Waals surface area contributed by atoms with Crippen LogP contribution in [0.15, 0.2) is 54.6 Å². The van der Waals surface area contributed by atoms with Gasteiger partial charge in [-0.25, -0.2) is 0 Å². The number of rotatable bonds is 7. The van der Waals surface area contributed by atoms with Gasteiger partial charge in [0.2, 0.25) is 11.8 Å². The predicted molar refractivity (Wildman–Crippen MR) is 104 cm³/mol. The maximum atomic E-state index is 12.7. The van der Waals surface area contributed by atoms with Crippen molar-refractivity contribution >= 4 is 11.8 Å². The molecule has 0 bridgehead atoms. The van der Waals surface area contributed by atoms with Crippen molar-refractivity contribution in [3.05, 3.63) is 65.7 Å². The molecule has 1 atom stereocenters. The molecule has 0 N–H and O–H groups in total. The van der Waals surface area contributed by atoms with E-state index in [2.05, 4.69) is 0 Å². The lowest BCUT2D eigenvalue weighted by Gasteiger charge is -2.21. The molecule has 1 saturated heterocycles. The number of ether oxygens (including phenoxy) is 1. The van der Waals surface area contributed by atoms with E-state index in [0.29, 0.717) is 26.1 Å². The van der Waals surface area contributed by atoms with Crippen molar-refractivity contribution < 1.29 is 14.3 Å². The summed E-state index contributed by atoms with van der Waals surface area (Å²) in [7, 11) is 3.61. The van der Waals surface area contributed by atoms with Crippen LogP contribution in [-0.2, 0) is 22.6 Å². The Kier molecular flexibility index (Phi) is 6.12. The summed E-state index contributed by atoms with van der Waals surface area (Å²) in [5.74, 6) is 1.13. The molecule has 0 spiro atoms. The molecule has 1 fully saturated rings. The van der Waals surface area contributed by atoms with Crippen LogP contribution < -0.4 is 4.74 Å². The van der Waals surface area contributed by atoms with E-state index in [1.54, 1.807) is 16.8 Å². The Morgan fingerprint density at radius 2 is 1.85 bits per heavy atom. The molecule has 0 aromatic heterocycles. The Morgan fingerprint density at radius 3 is 2.56 bits per heavy atom. The Labute approximate surface area is 160 Å². The number of benzene rings is 2. The van der Waals surface area contributed by atoms with Gasteiger partial charge < -0.3 is 14.5 Å². The van der Waals surface area contributed by atoms with E-state index in [0.717, 1.165) is 16.9 Å². The number of likely N-dealkylation sites (tertiary alicyclic amines) is 1. The van der Waals surface area contributed by atoms with Crippen LogP contribution in [0.3, 0.4) is 0 Å². The van der Waals surface area contributed by atoms with Gasteiger partial charge in [0.1, 0.15) is 12.4 Å². The highest BCUT2D eigenvalue weighted by Crippen LogP contribution is 2.22. The number of likely N-dealkylation sites (N-methyl/N-ethyl adjacent to an activating group) is 1. The number of hydrogen-bond donors (Lipinski definition) is 0. The zero-order chi connectivity index (χ0) is 19.2. The van der Waals surface area contributed by atoms with E-state index < -0.39 is 0 Å². The topological polar surface area (TPSA) is 49.9 Å². The normalized spacial score (nSPS) is 16.4. The maximum Gasteiger partial charge on any atom is 0.226 e. The van der Waals surface area contributed by atoms with E-state index >= 15 is 0 Å². The summed E-state index contributed by atoms with van der Waals surface area (Å²) >= 11 is 0.